The minimum absolute atomic E-state index is 0.247. The molecular weight excluding hydrogens is 212 g/mol. The van der Waals surface area contributed by atoms with Crippen LogP contribution in [0.2, 0.25) is 0 Å². The zero-order valence-corrected chi connectivity index (χ0v) is 9.47. The molecule has 2 nitrogen and oxygen atoms in total. The van der Waals surface area contributed by atoms with Crippen molar-refractivity contribution in [3.63, 3.8) is 0 Å². The van der Waals surface area contributed by atoms with Crippen molar-refractivity contribution in [1.82, 2.24) is 0 Å². The van der Waals surface area contributed by atoms with Gasteiger partial charge in [-0.2, -0.15) is 0 Å². The lowest BCUT2D eigenvalue weighted by atomic mass is 9.78. The molecule has 1 atom stereocenters. The fraction of sp³-hybridized carbons (Fsp3) is 0.200. The van der Waals surface area contributed by atoms with Crippen LogP contribution in [0.15, 0.2) is 48.5 Å². The van der Waals surface area contributed by atoms with E-state index < -0.39 is 0 Å². The predicted molar refractivity (Wildman–Crippen MR) is 66.5 cm³/mol. The first-order valence-electron chi connectivity index (χ1n) is 5.82. The third-order valence-electron chi connectivity index (χ3n) is 3.23. The first-order valence-corrected chi connectivity index (χ1v) is 5.82. The van der Waals surface area contributed by atoms with Gasteiger partial charge in [0.05, 0.1) is 6.61 Å². The lowest BCUT2D eigenvalue weighted by Gasteiger charge is -2.29. The van der Waals surface area contributed by atoms with Crippen LogP contribution in [0.1, 0.15) is 17.0 Å². The van der Waals surface area contributed by atoms with Gasteiger partial charge in [0, 0.05) is 12.0 Å². The van der Waals surface area contributed by atoms with Crippen LogP contribution < -0.4 is 4.74 Å². The minimum atomic E-state index is 0.247. The molecule has 86 valence electrons. The molecule has 17 heavy (non-hydrogen) atoms. The standard InChI is InChI=1S/C15H14O2/c16-13-5-3-6-14(9-13)17-10-12-8-11-4-1-2-7-15(11)12/h1-7,9,12,16H,8,10H2. The summed E-state index contributed by atoms with van der Waals surface area (Å²) in [4.78, 5) is 0. The normalized spacial score (nSPS) is 17.1. The molecule has 0 amide bonds. The van der Waals surface area contributed by atoms with Crippen LogP contribution in [0.25, 0.3) is 0 Å². The Bertz CT molecular complexity index is 534. The van der Waals surface area contributed by atoms with E-state index in [1.54, 1.807) is 18.2 Å². The predicted octanol–water partition coefficient (Wildman–Crippen LogP) is 3.11. The number of ether oxygens (including phenoxy) is 1. The summed E-state index contributed by atoms with van der Waals surface area (Å²) in [5.41, 5.74) is 2.82. The van der Waals surface area contributed by atoms with Gasteiger partial charge in [-0.3, -0.25) is 0 Å². The van der Waals surface area contributed by atoms with Crippen LogP contribution in [-0.4, -0.2) is 11.7 Å². The van der Waals surface area contributed by atoms with E-state index in [1.807, 2.05) is 6.07 Å². The van der Waals surface area contributed by atoms with Gasteiger partial charge in [-0.1, -0.05) is 30.3 Å². The van der Waals surface area contributed by atoms with Gasteiger partial charge in [-0.15, -0.1) is 0 Å². The quantitative estimate of drug-likeness (QED) is 0.871. The molecule has 1 aliphatic rings. The number of hydrogen-bond acceptors (Lipinski definition) is 2. The van der Waals surface area contributed by atoms with Gasteiger partial charge in [0.25, 0.3) is 0 Å². The van der Waals surface area contributed by atoms with Gasteiger partial charge in [-0.05, 0) is 29.7 Å². The SMILES string of the molecule is Oc1cccc(OCC2Cc3ccccc32)c1. The van der Waals surface area contributed by atoms with Crippen molar-refractivity contribution in [3.05, 3.63) is 59.7 Å². The van der Waals surface area contributed by atoms with E-state index in [9.17, 15) is 5.11 Å². The zero-order valence-electron chi connectivity index (χ0n) is 9.47. The highest BCUT2D eigenvalue weighted by Gasteiger charge is 2.25. The third-order valence-corrected chi connectivity index (χ3v) is 3.23. The van der Waals surface area contributed by atoms with E-state index in [0.717, 1.165) is 12.2 Å². The van der Waals surface area contributed by atoms with Crippen LogP contribution in [0.4, 0.5) is 0 Å². The average Bonchev–Trinajstić information content (AvgIpc) is 2.30. The summed E-state index contributed by atoms with van der Waals surface area (Å²) in [6.07, 6.45) is 1.09. The topological polar surface area (TPSA) is 29.5 Å². The van der Waals surface area contributed by atoms with Crippen molar-refractivity contribution in [2.75, 3.05) is 6.61 Å². The number of phenols is 1. The molecule has 0 bridgehead atoms. The Morgan fingerprint density at radius 3 is 2.82 bits per heavy atom. The number of phenolic OH excluding ortho intramolecular Hbond substituents is 1. The highest BCUT2D eigenvalue weighted by atomic mass is 16.5. The lowest BCUT2D eigenvalue weighted by molar-refractivity contribution is 0.274. The van der Waals surface area contributed by atoms with Gasteiger partial charge in [0.2, 0.25) is 0 Å². The van der Waals surface area contributed by atoms with E-state index in [1.165, 1.54) is 11.1 Å². The highest BCUT2D eigenvalue weighted by Crippen LogP contribution is 2.35. The molecule has 1 unspecified atom stereocenters. The zero-order chi connectivity index (χ0) is 11.7. The second kappa shape index (κ2) is 4.13. The summed E-state index contributed by atoms with van der Waals surface area (Å²) in [6, 6.07) is 15.4. The Hall–Kier alpha value is -1.96. The van der Waals surface area contributed by atoms with Crippen molar-refractivity contribution in [1.29, 1.82) is 0 Å². The van der Waals surface area contributed by atoms with Crippen molar-refractivity contribution >= 4 is 0 Å². The van der Waals surface area contributed by atoms with Crippen LogP contribution in [0, 0.1) is 0 Å². The molecule has 1 aliphatic carbocycles. The first-order chi connectivity index (χ1) is 8.33. The Labute approximate surface area is 100 Å². The Kier molecular flexibility index (Phi) is 2.48. The Morgan fingerprint density at radius 2 is 2.00 bits per heavy atom. The van der Waals surface area contributed by atoms with Crippen molar-refractivity contribution in [2.45, 2.75) is 12.3 Å². The van der Waals surface area contributed by atoms with Crippen molar-refractivity contribution < 1.29 is 9.84 Å². The second-order valence-corrected chi connectivity index (χ2v) is 4.41. The molecule has 2 heteroatoms. The van der Waals surface area contributed by atoms with Crippen LogP contribution >= 0.6 is 0 Å². The molecule has 2 aromatic rings. The van der Waals surface area contributed by atoms with Gasteiger partial charge in [-0.25, -0.2) is 0 Å². The van der Waals surface area contributed by atoms with Gasteiger partial charge in [0.1, 0.15) is 11.5 Å². The smallest absolute Gasteiger partial charge is 0.123 e. The summed E-state index contributed by atoms with van der Waals surface area (Å²) in [6.45, 7) is 0.681. The Morgan fingerprint density at radius 1 is 1.12 bits per heavy atom. The summed E-state index contributed by atoms with van der Waals surface area (Å²) in [5.74, 6) is 1.47. The van der Waals surface area contributed by atoms with E-state index >= 15 is 0 Å². The van der Waals surface area contributed by atoms with Crippen LogP contribution in [0.3, 0.4) is 0 Å². The van der Waals surface area contributed by atoms with Gasteiger partial charge in [0.15, 0.2) is 0 Å². The molecule has 0 spiro atoms. The average molecular weight is 226 g/mol. The molecule has 0 aromatic heterocycles. The summed E-state index contributed by atoms with van der Waals surface area (Å²) >= 11 is 0. The number of aromatic hydroxyl groups is 1. The summed E-state index contributed by atoms with van der Waals surface area (Å²) < 4.78 is 5.69. The lowest BCUT2D eigenvalue weighted by Crippen LogP contribution is -2.22. The van der Waals surface area contributed by atoms with Crippen molar-refractivity contribution in [3.8, 4) is 11.5 Å². The fourth-order valence-electron chi connectivity index (χ4n) is 2.28. The molecule has 0 fully saturated rings. The number of rotatable bonds is 3. The molecule has 0 aliphatic heterocycles. The largest absolute Gasteiger partial charge is 0.508 e. The maximum Gasteiger partial charge on any atom is 0.123 e. The van der Waals surface area contributed by atoms with E-state index in [-0.39, 0.29) is 5.75 Å². The van der Waals surface area contributed by atoms with Gasteiger partial charge < -0.3 is 9.84 Å². The second-order valence-electron chi connectivity index (χ2n) is 4.41. The molecule has 0 saturated carbocycles. The van der Waals surface area contributed by atoms with E-state index in [0.29, 0.717) is 12.5 Å². The summed E-state index contributed by atoms with van der Waals surface area (Å²) in [7, 11) is 0. The molecule has 0 heterocycles. The molecular formula is C15H14O2. The molecule has 2 aromatic carbocycles. The Balaban J connectivity index is 1.64. The van der Waals surface area contributed by atoms with Crippen molar-refractivity contribution in [2.24, 2.45) is 0 Å². The van der Waals surface area contributed by atoms with Gasteiger partial charge >= 0.3 is 0 Å². The maximum atomic E-state index is 9.33. The third kappa shape index (κ3) is 1.98. The molecule has 3 rings (SSSR count). The first kappa shape index (κ1) is 10.2. The molecule has 1 N–H and O–H groups in total. The number of hydrogen-bond donors (Lipinski definition) is 1. The fourth-order valence-corrected chi connectivity index (χ4v) is 2.28. The summed E-state index contributed by atoms with van der Waals surface area (Å²) in [5, 5.41) is 9.33. The van der Waals surface area contributed by atoms with Crippen LogP contribution in [0.5, 0.6) is 11.5 Å². The maximum absolute atomic E-state index is 9.33. The van der Waals surface area contributed by atoms with E-state index in [2.05, 4.69) is 24.3 Å². The van der Waals surface area contributed by atoms with E-state index in [4.69, 9.17) is 4.74 Å². The molecule has 0 saturated heterocycles. The minimum Gasteiger partial charge on any atom is -0.508 e. The number of benzene rings is 2. The van der Waals surface area contributed by atoms with Crippen LogP contribution in [-0.2, 0) is 6.42 Å². The highest BCUT2D eigenvalue weighted by molar-refractivity contribution is 5.40. The number of fused-ring (bicyclic) bond motifs is 1. The monoisotopic (exact) mass is 226 g/mol. The molecule has 0 radical (unpaired) electrons.